The molecule has 0 aliphatic heterocycles. The van der Waals surface area contributed by atoms with Gasteiger partial charge in [0.05, 0.1) is 12.7 Å². The Bertz CT molecular complexity index is 610. The van der Waals surface area contributed by atoms with Gasteiger partial charge in [-0.15, -0.1) is 0 Å². The lowest BCUT2D eigenvalue weighted by Crippen LogP contribution is -2.05. The van der Waals surface area contributed by atoms with Crippen LogP contribution in [0.15, 0.2) is 18.2 Å². The van der Waals surface area contributed by atoms with Gasteiger partial charge in [-0.2, -0.15) is 13.2 Å². The number of hydrogen-bond donors (Lipinski definition) is 1. The van der Waals surface area contributed by atoms with E-state index in [0.717, 1.165) is 12.1 Å². The number of alkyl halides is 3. The minimum absolute atomic E-state index is 0.0138. The highest BCUT2D eigenvalue weighted by molar-refractivity contribution is 6.34. The van der Waals surface area contributed by atoms with Gasteiger partial charge in [-0.05, 0) is 29.8 Å². The van der Waals surface area contributed by atoms with E-state index >= 15 is 0 Å². The van der Waals surface area contributed by atoms with Crippen molar-refractivity contribution in [3.8, 4) is 17.0 Å². The van der Waals surface area contributed by atoms with Crippen LogP contribution in [0.3, 0.4) is 0 Å². The highest BCUT2D eigenvalue weighted by atomic mass is 35.5. The number of ether oxygens (including phenoxy) is 1. The first-order chi connectivity index (χ1) is 8.82. The van der Waals surface area contributed by atoms with Crippen LogP contribution in [0.2, 0.25) is 10.4 Å². The quantitative estimate of drug-likeness (QED) is 0.892. The molecule has 3 nitrogen and oxygen atoms in total. The molecule has 1 aromatic heterocycles. The Kier molecular flexibility index (Phi) is 3.64. The normalized spacial score (nSPS) is 11.7. The zero-order chi connectivity index (χ0) is 14.2. The summed E-state index contributed by atoms with van der Waals surface area (Å²) in [6.45, 7) is 0. The Balaban J connectivity index is 2.56. The lowest BCUT2D eigenvalue weighted by molar-refractivity contribution is -0.137. The summed E-state index contributed by atoms with van der Waals surface area (Å²) in [5.41, 5.74) is -0.258. The van der Waals surface area contributed by atoms with Gasteiger partial charge in [0, 0.05) is 5.56 Å². The van der Waals surface area contributed by atoms with Crippen molar-refractivity contribution in [2.24, 2.45) is 0 Å². The van der Waals surface area contributed by atoms with Gasteiger partial charge < -0.3 is 9.72 Å². The van der Waals surface area contributed by atoms with Crippen molar-refractivity contribution in [2.45, 2.75) is 6.18 Å². The molecule has 0 atom stereocenters. The monoisotopic (exact) mass is 310 g/mol. The van der Waals surface area contributed by atoms with Crippen molar-refractivity contribution in [3.63, 3.8) is 0 Å². The first-order valence-corrected chi connectivity index (χ1v) is 5.75. The number of nitrogens with one attached hydrogen (secondary N) is 1. The molecule has 1 aromatic carbocycles. The molecule has 1 N–H and O–H groups in total. The molecule has 2 rings (SSSR count). The van der Waals surface area contributed by atoms with E-state index in [1.165, 1.54) is 13.2 Å². The van der Waals surface area contributed by atoms with Crippen LogP contribution in [0.25, 0.3) is 11.3 Å². The molecule has 102 valence electrons. The highest BCUT2D eigenvalue weighted by Gasteiger charge is 2.31. The number of hydrogen-bond acceptors (Lipinski definition) is 2. The molecule has 0 fully saturated rings. The second kappa shape index (κ2) is 4.94. The summed E-state index contributed by atoms with van der Waals surface area (Å²) in [4.78, 5) is 6.44. The predicted molar refractivity (Wildman–Crippen MR) is 65.6 cm³/mol. The average Bonchev–Trinajstić information content (AvgIpc) is 2.66. The molecule has 0 aliphatic carbocycles. The van der Waals surface area contributed by atoms with Crippen molar-refractivity contribution in [2.75, 3.05) is 7.11 Å². The van der Waals surface area contributed by atoms with E-state index in [9.17, 15) is 13.2 Å². The summed E-state index contributed by atoms with van der Waals surface area (Å²) >= 11 is 11.5. The molecule has 0 bridgehead atoms. The van der Waals surface area contributed by atoms with Gasteiger partial charge in [0.15, 0.2) is 0 Å². The second-order valence-corrected chi connectivity index (χ2v) is 4.34. The highest BCUT2D eigenvalue weighted by Crippen LogP contribution is 2.38. The molecular weight excluding hydrogens is 304 g/mol. The minimum atomic E-state index is -4.45. The number of H-pyrrole nitrogens is 1. The van der Waals surface area contributed by atoms with Gasteiger partial charge in [-0.1, -0.05) is 11.6 Å². The molecule has 0 spiro atoms. The number of methoxy groups -OCH3 is 1. The maximum absolute atomic E-state index is 12.6. The van der Waals surface area contributed by atoms with E-state index in [-0.39, 0.29) is 21.9 Å². The fourth-order valence-corrected chi connectivity index (χ4v) is 2.03. The Hall–Kier alpha value is -1.40. The fraction of sp³-hybridized carbons (Fsp3) is 0.182. The largest absolute Gasteiger partial charge is 0.496 e. The van der Waals surface area contributed by atoms with E-state index in [2.05, 4.69) is 9.97 Å². The number of rotatable bonds is 2. The zero-order valence-electron chi connectivity index (χ0n) is 9.48. The van der Waals surface area contributed by atoms with Crippen LogP contribution in [-0.4, -0.2) is 17.1 Å². The number of nitrogens with zero attached hydrogens (tertiary/aromatic N) is 1. The summed E-state index contributed by atoms with van der Waals surface area (Å²) in [6, 6.07) is 3.05. The van der Waals surface area contributed by atoms with Crippen molar-refractivity contribution in [1.29, 1.82) is 0 Å². The van der Waals surface area contributed by atoms with Crippen molar-refractivity contribution in [3.05, 3.63) is 34.2 Å². The lowest BCUT2D eigenvalue weighted by atomic mass is 10.1. The van der Waals surface area contributed by atoms with Gasteiger partial charge in [-0.3, -0.25) is 0 Å². The van der Waals surface area contributed by atoms with Crippen LogP contribution in [0.1, 0.15) is 5.56 Å². The SMILES string of the molecule is COc1cc(C(F)(F)F)ccc1-c1nc(Cl)[nH]c1Cl. The van der Waals surface area contributed by atoms with Gasteiger partial charge >= 0.3 is 6.18 Å². The molecule has 0 aliphatic rings. The Morgan fingerprint density at radius 2 is 1.95 bits per heavy atom. The van der Waals surface area contributed by atoms with Crippen molar-refractivity contribution in [1.82, 2.24) is 9.97 Å². The number of imidazole rings is 1. The third kappa shape index (κ3) is 2.79. The third-order valence-corrected chi connectivity index (χ3v) is 2.87. The molecule has 0 saturated heterocycles. The van der Waals surface area contributed by atoms with Crippen LogP contribution in [-0.2, 0) is 6.18 Å². The fourth-order valence-electron chi connectivity index (χ4n) is 1.57. The topological polar surface area (TPSA) is 37.9 Å². The molecule has 0 amide bonds. The first-order valence-electron chi connectivity index (χ1n) is 4.99. The number of aromatic nitrogens is 2. The van der Waals surface area contributed by atoms with E-state index in [1.807, 2.05) is 0 Å². The summed E-state index contributed by atoms with van der Waals surface area (Å²) in [6.07, 6.45) is -4.45. The zero-order valence-corrected chi connectivity index (χ0v) is 11.0. The standard InChI is InChI=1S/C11H7Cl2F3N2O/c1-19-7-4-5(11(14,15)16)2-3-6(7)8-9(12)18-10(13)17-8/h2-4H,1H3,(H,17,18). The second-order valence-electron chi connectivity index (χ2n) is 3.60. The van der Waals surface area contributed by atoms with E-state index in [4.69, 9.17) is 27.9 Å². The molecular formula is C11H7Cl2F3N2O. The average molecular weight is 311 g/mol. The van der Waals surface area contributed by atoms with E-state index in [1.54, 1.807) is 0 Å². The van der Waals surface area contributed by atoms with Gasteiger partial charge in [0.1, 0.15) is 16.6 Å². The van der Waals surface area contributed by atoms with Crippen LogP contribution >= 0.6 is 23.2 Å². The number of aromatic amines is 1. The van der Waals surface area contributed by atoms with Gasteiger partial charge in [0.25, 0.3) is 0 Å². The third-order valence-electron chi connectivity index (χ3n) is 2.41. The van der Waals surface area contributed by atoms with Crippen molar-refractivity contribution >= 4 is 23.2 Å². The van der Waals surface area contributed by atoms with Crippen LogP contribution in [0.5, 0.6) is 5.75 Å². The van der Waals surface area contributed by atoms with Gasteiger partial charge in [-0.25, -0.2) is 4.98 Å². The molecule has 2 aromatic rings. The van der Waals surface area contributed by atoms with Crippen LogP contribution in [0.4, 0.5) is 13.2 Å². The Labute approximate surface area is 116 Å². The minimum Gasteiger partial charge on any atom is -0.496 e. The number of benzene rings is 1. The Morgan fingerprint density at radius 1 is 1.26 bits per heavy atom. The molecule has 1 heterocycles. The van der Waals surface area contributed by atoms with E-state index in [0.29, 0.717) is 5.56 Å². The number of halogens is 5. The summed E-state index contributed by atoms with van der Waals surface area (Å²) in [5.74, 6) is 0.0138. The van der Waals surface area contributed by atoms with Crippen molar-refractivity contribution < 1.29 is 17.9 Å². The summed E-state index contributed by atoms with van der Waals surface area (Å²) < 4.78 is 42.7. The molecule has 19 heavy (non-hydrogen) atoms. The first kappa shape index (κ1) is 14.0. The summed E-state index contributed by atoms with van der Waals surface area (Å²) in [5, 5.41) is 0.171. The van der Waals surface area contributed by atoms with Crippen LogP contribution in [0, 0.1) is 0 Å². The molecule has 0 radical (unpaired) electrons. The van der Waals surface area contributed by atoms with Crippen LogP contribution < -0.4 is 4.74 Å². The Morgan fingerprint density at radius 3 is 2.42 bits per heavy atom. The molecule has 8 heteroatoms. The lowest BCUT2D eigenvalue weighted by Gasteiger charge is -2.11. The predicted octanol–water partition coefficient (Wildman–Crippen LogP) is 4.41. The maximum Gasteiger partial charge on any atom is 0.416 e. The summed E-state index contributed by atoms with van der Waals surface area (Å²) in [7, 11) is 1.27. The van der Waals surface area contributed by atoms with Gasteiger partial charge in [0.2, 0.25) is 5.28 Å². The maximum atomic E-state index is 12.6. The molecule has 0 unspecified atom stereocenters. The smallest absolute Gasteiger partial charge is 0.416 e. The van der Waals surface area contributed by atoms with E-state index < -0.39 is 11.7 Å². The molecule has 0 saturated carbocycles.